The Morgan fingerprint density at radius 1 is 1.48 bits per heavy atom. The molecule has 1 aliphatic rings. The summed E-state index contributed by atoms with van der Waals surface area (Å²) >= 11 is 1.13. The third-order valence-electron chi connectivity index (χ3n) is 4.43. The predicted molar refractivity (Wildman–Crippen MR) is 91.4 cm³/mol. The van der Waals surface area contributed by atoms with Crippen molar-refractivity contribution in [3.05, 3.63) is 46.0 Å². The first-order chi connectivity index (χ1) is 11.1. The van der Waals surface area contributed by atoms with E-state index in [-0.39, 0.29) is 5.91 Å². The molecule has 5 nitrogen and oxygen atoms in total. The van der Waals surface area contributed by atoms with Crippen LogP contribution in [0.4, 0.5) is 5.69 Å². The average Bonchev–Trinajstić information content (AvgIpc) is 2.91. The summed E-state index contributed by atoms with van der Waals surface area (Å²) in [6.07, 6.45) is 3.30. The summed E-state index contributed by atoms with van der Waals surface area (Å²) in [5.74, 6) is 0.0812. The fourth-order valence-electron chi connectivity index (χ4n) is 3.13. The summed E-state index contributed by atoms with van der Waals surface area (Å²) in [6.45, 7) is 2.33. The SMILES string of the molecule is CON(CC1CCCc2ccccc21)C(=O)c1snc(C)c1N. The lowest BCUT2D eigenvalue weighted by molar-refractivity contribution is -0.0986. The summed E-state index contributed by atoms with van der Waals surface area (Å²) in [5.41, 5.74) is 9.79. The molecule has 0 bridgehead atoms. The van der Waals surface area contributed by atoms with E-state index in [0.717, 1.165) is 30.8 Å². The van der Waals surface area contributed by atoms with Crippen LogP contribution in [0.2, 0.25) is 0 Å². The van der Waals surface area contributed by atoms with Crippen LogP contribution in [-0.4, -0.2) is 29.0 Å². The molecular formula is C17H21N3O2S. The maximum atomic E-state index is 12.7. The van der Waals surface area contributed by atoms with E-state index < -0.39 is 0 Å². The topological polar surface area (TPSA) is 68.5 Å². The van der Waals surface area contributed by atoms with Gasteiger partial charge in [-0.15, -0.1) is 0 Å². The molecule has 0 saturated heterocycles. The Kier molecular flexibility index (Phi) is 4.63. The van der Waals surface area contributed by atoms with Crippen LogP contribution >= 0.6 is 11.5 Å². The number of amides is 1. The first-order valence-electron chi connectivity index (χ1n) is 7.77. The number of aromatic nitrogens is 1. The molecule has 0 aliphatic heterocycles. The molecule has 3 rings (SSSR count). The molecule has 0 fully saturated rings. The number of nitrogens with zero attached hydrogens (tertiary/aromatic N) is 2. The minimum atomic E-state index is -0.210. The molecule has 2 N–H and O–H groups in total. The maximum Gasteiger partial charge on any atom is 0.291 e. The first kappa shape index (κ1) is 16.0. The van der Waals surface area contributed by atoms with E-state index in [4.69, 9.17) is 10.6 Å². The van der Waals surface area contributed by atoms with Gasteiger partial charge in [0.25, 0.3) is 5.91 Å². The van der Waals surface area contributed by atoms with Gasteiger partial charge in [-0.25, -0.2) is 5.06 Å². The summed E-state index contributed by atoms with van der Waals surface area (Å²) < 4.78 is 4.15. The van der Waals surface area contributed by atoms with Crippen molar-refractivity contribution in [2.45, 2.75) is 32.1 Å². The van der Waals surface area contributed by atoms with Gasteiger partial charge in [0, 0.05) is 5.92 Å². The highest BCUT2D eigenvalue weighted by molar-refractivity contribution is 7.08. The number of nitrogen functional groups attached to an aromatic ring is 1. The van der Waals surface area contributed by atoms with Crippen molar-refractivity contribution in [2.24, 2.45) is 0 Å². The van der Waals surface area contributed by atoms with E-state index in [1.54, 1.807) is 6.92 Å². The van der Waals surface area contributed by atoms with Crippen LogP contribution in [0.15, 0.2) is 24.3 Å². The zero-order chi connectivity index (χ0) is 16.4. The van der Waals surface area contributed by atoms with Gasteiger partial charge < -0.3 is 5.73 Å². The zero-order valence-electron chi connectivity index (χ0n) is 13.4. The molecule has 122 valence electrons. The Morgan fingerprint density at radius 3 is 2.96 bits per heavy atom. The van der Waals surface area contributed by atoms with E-state index in [0.29, 0.717) is 28.7 Å². The molecule has 6 heteroatoms. The van der Waals surface area contributed by atoms with Crippen LogP contribution in [0.5, 0.6) is 0 Å². The highest BCUT2D eigenvalue weighted by Crippen LogP contribution is 2.33. The molecule has 1 aromatic heterocycles. The first-order valence-corrected chi connectivity index (χ1v) is 8.54. The number of hydrogen-bond donors (Lipinski definition) is 1. The van der Waals surface area contributed by atoms with Crippen molar-refractivity contribution >= 4 is 23.1 Å². The average molecular weight is 331 g/mol. The quantitative estimate of drug-likeness (QED) is 0.874. The summed E-state index contributed by atoms with van der Waals surface area (Å²) in [7, 11) is 1.52. The van der Waals surface area contributed by atoms with Gasteiger partial charge in [0.05, 0.1) is 25.0 Å². The van der Waals surface area contributed by atoms with E-state index in [9.17, 15) is 4.79 Å². The second kappa shape index (κ2) is 6.68. The molecule has 23 heavy (non-hydrogen) atoms. The fourth-order valence-corrected chi connectivity index (χ4v) is 3.88. The second-order valence-electron chi connectivity index (χ2n) is 5.85. The number of rotatable bonds is 4. The van der Waals surface area contributed by atoms with Gasteiger partial charge >= 0.3 is 0 Å². The molecule has 1 atom stereocenters. The van der Waals surface area contributed by atoms with Crippen LogP contribution in [0.3, 0.4) is 0 Å². The number of carbonyl (C=O) groups is 1. The minimum Gasteiger partial charge on any atom is -0.396 e. The van der Waals surface area contributed by atoms with Gasteiger partial charge in [-0.3, -0.25) is 9.63 Å². The van der Waals surface area contributed by atoms with Gasteiger partial charge in [-0.1, -0.05) is 24.3 Å². The number of hydroxylamine groups is 2. The number of fused-ring (bicyclic) bond motifs is 1. The maximum absolute atomic E-state index is 12.7. The Bertz CT molecular complexity index is 714. The number of carbonyl (C=O) groups excluding carboxylic acids is 1. The lowest BCUT2D eigenvalue weighted by Crippen LogP contribution is -2.34. The molecule has 1 unspecified atom stereocenters. The monoisotopic (exact) mass is 331 g/mol. The molecular weight excluding hydrogens is 310 g/mol. The van der Waals surface area contributed by atoms with Gasteiger partial charge in [-0.05, 0) is 48.8 Å². The van der Waals surface area contributed by atoms with E-state index in [2.05, 4.69) is 28.6 Å². The Labute approximate surface area is 140 Å². The number of benzene rings is 1. The Hall–Kier alpha value is -1.92. The van der Waals surface area contributed by atoms with Crippen molar-refractivity contribution in [3.63, 3.8) is 0 Å². The molecule has 0 spiro atoms. The van der Waals surface area contributed by atoms with Gasteiger partial charge in [0.2, 0.25) is 0 Å². The molecule has 0 saturated carbocycles. The van der Waals surface area contributed by atoms with E-state index in [1.165, 1.54) is 23.3 Å². The van der Waals surface area contributed by atoms with Gasteiger partial charge in [0.15, 0.2) is 0 Å². The van der Waals surface area contributed by atoms with Gasteiger partial charge in [0.1, 0.15) is 4.88 Å². The minimum absolute atomic E-state index is 0.210. The van der Waals surface area contributed by atoms with Gasteiger partial charge in [-0.2, -0.15) is 4.37 Å². The normalized spacial score (nSPS) is 16.9. The predicted octanol–water partition coefficient (Wildman–Crippen LogP) is 3.16. The lowest BCUT2D eigenvalue weighted by Gasteiger charge is -2.29. The summed E-state index contributed by atoms with van der Waals surface area (Å²) in [6, 6.07) is 8.45. The van der Waals surface area contributed by atoms with E-state index in [1.807, 2.05) is 0 Å². The van der Waals surface area contributed by atoms with Crippen molar-refractivity contribution < 1.29 is 9.63 Å². The largest absolute Gasteiger partial charge is 0.396 e. The number of nitrogens with two attached hydrogens (primary N) is 1. The van der Waals surface area contributed by atoms with Crippen LogP contribution < -0.4 is 5.73 Å². The molecule has 1 aliphatic carbocycles. The van der Waals surface area contributed by atoms with Crippen molar-refractivity contribution in [2.75, 3.05) is 19.4 Å². The summed E-state index contributed by atoms with van der Waals surface area (Å²) in [4.78, 5) is 18.5. The standard InChI is InChI=1S/C17H21N3O2S/c1-11-15(18)16(23-19-11)17(21)20(22-2)10-13-8-5-7-12-6-3-4-9-14(12)13/h3-4,6,9,13H,5,7-8,10,18H2,1-2H3. The highest BCUT2D eigenvalue weighted by atomic mass is 32.1. The van der Waals surface area contributed by atoms with Crippen molar-refractivity contribution in [1.82, 2.24) is 9.44 Å². The Morgan fingerprint density at radius 2 is 2.26 bits per heavy atom. The smallest absolute Gasteiger partial charge is 0.291 e. The summed E-state index contributed by atoms with van der Waals surface area (Å²) in [5, 5.41) is 1.41. The number of hydrogen-bond acceptors (Lipinski definition) is 5. The van der Waals surface area contributed by atoms with Crippen molar-refractivity contribution in [1.29, 1.82) is 0 Å². The lowest BCUT2D eigenvalue weighted by atomic mass is 9.83. The van der Waals surface area contributed by atoms with Crippen LogP contribution in [0.1, 0.15) is 45.3 Å². The van der Waals surface area contributed by atoms with Crippen LogP contribution in [-0.2, 0) is 11.3 Å². The highest BCUT2D eigenvalue weighted by Gasteiger charge is 2.27. The molecule has 2 aromatic rings. The van der Waals surface area contributed by atoms with E-state index >= 15 is 0 Å². The number of aryl methyl sites for hydroxylation is 2. The van der Waals surface area contributed by atoms with Crippen LogP contribution in [0, 0.1) is 6.92 Å². The van der Waals surface area contributed by atoms with Crippen LogP contribution in [0.25, 0.3) is 0 Å². The fraction of sp³-hybridized carbons (Fsp3) is 0.412. The molecule has 0 radical (unpaired) electrons. The Balaban J connectivity index is 1.81. The second-order valence-corrected chi connectivity index (χ2v) is 6.62. The molecule has 1 aromatic carbocycles. The molecule has 1 heterocycles. The van der Waals surface area contributed by atoms with Crippen molar-refractivity contribution in [3.8, 4) is 0 Å². The zero-order valence-corrected chi connectivity index (χ0v) is 14.2. The molecule has 1 amide bonds. The number of anilines is 1. The third kappa shape index (κ3) is 3.09. The third-order valence-corrected chi connectivity index (χ3v) is 5.37.